The molecule has 1 aliphatic carbocycles. The topological polar surface area (TPSA) is 118 Å². The van der Waals surface area contributed by atoms with Crippen molar-refractivity contribution in [2.45, 2.75) is 96.8 Å². The van der Waals surface area contributed by atoms with Crippen molar-refractivity contribution in [2.75, 3.05) is 19.8 Å². The molecule has 9 nitrogen and oxygen atoms in total. The maximum absolute atomic E-state index is 13.2. The quantitative estimate of drug-likeness (QED) is 0.495. The van der Waals surface area contributed by atoms with E-state index in [0.29, 0.717) is 6.61 Å². The molecule has 3 rings (SSSR count). The molecular weight excluding hydrogens is 464 g/mol. The Bertz CT molecular complexity index is 894. The average molecular weight is 507 g/mol. The van der Waals surface area contributed by atoms with Crippen LogP contribution in [0.3, 0.4) is 0 Å². The normalized spacial score (nSPS) is 23.7. The van der Waals surface area contributed by atoms with Crippen LogP contribution >= 0.6 is 0 Å². The van der Waals surface area contributed by atoms with Crippen molar-refractivity contribution in [1.82, 2.24) is 10.2 Å². The molecule has 1 aliphatic heterocycles. The van der Waals surface area contributed by atoms with Crippen LogP contribution in [0, 0.1) is 5.41 Å². The van der Waals surface area contributed by atoms with Crippen molar-refractivity contribution in [2.24, 2.45) is 5.41 Å². The minimum Gasteiger partial charge on any atom is -0.508 e. The fraction of sp³-hybridized carbons (Fsp3) is 0.704. The van der Waals surface area contributed by atoms with Gasteiger partial charge in [-0.2, -0.15) is 0 Å². The summed E-state index contributed by atoms with van der Waals surface area (Å²) in [7, 11) is 0. The number of morpholine rings is 1. The summed E-state index contributed by atoms with van der Waals surface area (Å²) in [5.74, 6) is -0.221. The number of aliphatic hydroxyl groups is 1. The first-order chi connectivity index (χ1) is 16.8. The Labute approximate surface area is 214 Å². The number of carbonyl (C=O) groups is 2. The summed E-state index contributed by atoms with van der Waals surface area (Å²) in [6.07, 6.45) is 2.47. The lowest BCUT2D eigenvalue weighted by molar-refractivity contribution is -0.212. The molecule has 1 heterocycles. The molecular formula is C27H42N2O7. The summed E-state index contributed by atoms with van der Waals surface area (Å²) < 4.78 is 17.7. The SMILES string of the molecule is CC(=O)NC(Cc1cccc(O)c1)C(O)C1COC(OCC2(C)CCCC2)CN1C(=O)OC(C)(C)C. The molecule has 0 bridgehead atoms. The zero-order valence-corrected chi connectivity index (χ0v) is 22.2. The van der Waals surface area contributed by atoms with Crippen LogP contribution in [0.1, 0.15) is 65.9 Å². The Morgan fingerprint density at radius 1 is 1.28 bits per heavy atom. The summed E-state index contributed by atoms with van der Waals surface area (Å²) in [6, 6.07) is 5.15. The molecule has 2 fully saturated rings. The van der Waals surface area contributed by atoms with Crippen molar-refractivity contribution in [3.8, 4) is 5.75 Å². The number of aromatic hydroxyl groups is 1. The van der Waals surface area contributed by atoms with E-state index in [9.17, 15) is 19.8 Å². The van der Waals surface area contributed by atoms with E-state index in [-0.39, 0.29) is 36.6 Å². The lowest BCUT2D eigenvalue weighted by Crippen LogP contribution is -2.62. The van der Waals surface area contributed by atoms with Crippen LogP contribution in [0.4, 0.5) is 4.79 Å². The predicted octanol–water partition coefficient (Wildman–Crippen LogP) is 3.36. The standard InChI is InChI=1S/C27H42N2O7/c1-18(30)28-21(14-19-9-8-10-20(31)13-19)24(32)22-16-34-23(35-17-27(5)11-6-7-12-27)15-29(22)25(33)36-26(2,3)4/h8-10,13,21-24,31-32H,6-7,11-12,14-17H2,1-5H3,(H,28,30). The van der Waals surface area contributed by atoms with E-state index in [1.54, 1.807) is 45.0 Å². The minimum atomic E-state index is -1.16. The molecule has 1 saturated heterocycles. The van der Waals surface area contributed by atoms with Gasteiger partial charge in [0.15, 0.2) is 6.29 Å². The molecule has 36 heavy (non-hydrogen) atoms. The van der Waals surface area contributed by atoms with Gasteiger partial charge in [0.2, 0.25) is 5.91 Å². The van der Waals surface area contributed by atoms with E-state index in [1.807, 2.05) is 0 Å². The fourth-order valence-electron chi connectivity index (χ4n) is 4.95. The number of phenolic OH excluding ortho intramolecular Hbond substituents is 1. The molecule has 4 unspecified atom stereocenters. The monoisotopic (exact) mass is 506 g/mol. The third kappa shape index (κ3) is 8.08. The summed E-state index contributed by atoms with van der Waals surface area (Å²) in [4.78, 5) is 26.6. The van der Waals surface area contributed by atoms with Gasteiger partial charge in [-0.25, -0.2) is 4.79 Å². The zero-order chi connectivity index (χ0) is 26.5. The highest BCUT2D eigenvalue weighted by Gasteiger charge is 2.42. The molecule has 3 N–H and O–H groups in total. The summed E-state index contributed by atoms with van der Waals surface area (Å²) >= 11 is 0. The van der Waals surface area contributed by atoms with Gasteiger partial charge in [-0.15, -0.1) is 0 Å². The maximum atomic E-state index is 13.2. The van der Waals surface area contributed by atoms with Gasteiger partial charge >= 0.3 is 6.09 Å². The van der Waals surface area contributed by atoms with Crippen LogP contribution in [0.5, 0.6) is 5.75 Å². The third-order valence-corrected chi connectivity index (χ3v) is 6.82. The van der Waals surface area contributed by atoms with Gasteiger partial charge in [-0.3, -0.25) is 9.69 Å². The molecule has 2 amide bonds. The second-order valence-electron chi connectivity index (χ2n) is 11.5. The molecule has 4 atom stereocenters. The third-order valence-electron chi connectivity index (χ3n) is 6.82. The van der Waals surface area contributed by atoms with E-state index in [0.717, 1.165) is 18.4 Å². The van der Waals surface area contributed by atoms with Crippen LogP contribution in [-0.4, -0.2) is 77.0 Å². The number of rotatable bonds is 8. The highest BCUT2D eigenvalue weighted by atomic mass is 16.7. The second-order valence-corrected chi connectivity index (χ2v) is 11.5. The van der Waals surface area contributed by atoms with Crippen LogP contribution in [-0.2, 0) is 25.4 Å². The lowest BCUT2D eigenvalue weighted by atomic mass is 9.90. The van der Waals surface area contributed by atoms with Crippen molar-refractivity contribution >= 4 is 12.0 Å². The fourth-order valence-corrected chi connectivity index (χ4v) is 4.95. The molecule has 1 aromatic carbocycles. The van der Waals surface area contributed by atoms with Crippen molar-refractivity contribution in [3.05, 3.63) is 29.8 Å². The first-order valence-corrected chi connectivity index (χ1v) is 12.8. The Balaban J connectivity index is 1.77. The number of nitrogens with zero attached hydrogens (tertiary/aromatic N) is 1. The van der Waals surface area contributed by atoms with Gasteiger partial charge in [0.25, 0.3) is 0 Å². The number of nitrogens with one attached hydrogen (secondary N) is 1. The number of hydrogen-bond donors (Lipinski definition) is 3. The number of ether oxygens (including phenoxy) is 3. The number of phenols is 1. The molecule has 0 spiro atoms. The Hall–Kier alpha value is -2.36. The number of benzene rings is 1. The summed E-state index contributed by atoms with van der Waals surface area (Å²) in [5, 5.41) is 24.0. The molecule has 1 saturated carbocycles. The molecule has 1 aromatic rings. The van der Waals surface area contributed by atoms with Gasteiger partial charge in [-0.05, 0) is 63.1 Å². The molecule has 2 aliphatic rings. The maximum Gasteiger partial charge on any atom is 0.410 e. The van der Waals surface area contributed by atoms with Crippen LogP contribution in [0.25, 0.3) is 0 Å². The molecule has 0 radical (unpaired) electrons. The number of aliphatic hydroxyl groups excluding tert-OH is 1. The van der Waals surface area contributed by atoms with Crippen LogP contribution in [0.15, 0.2) is 24.3 Å². The highest BCUT2D eigenvalue weighted by molar-refractivity contribution is 5.73. The smallest absolute Gasteiger partial charge is 0.410 e. The summed E-state index contributed by atoms with van der Waals surface area (Å²) in [6.45, 7) is 9.61. The van der Waals surface area contributed by atoms with Crippen molar-refractivity contribution in [3.63, 3.8) is 0 Å². The predicted molar refractivity (Wildman–Crippen MR) is 134 cm³/mol. The summed E-state index contributed by atoms with van der Waals surface area (Å²) in [5.41, 5.74) is 0.116. The average Bonchev–Trinajstić information content (AvgIpc) is 3.22. The van der Waals surface area contributed by atoms with E-state index >= 15 is 0 Å². The van der Waals surface area contributed by atoms with Gasteiger partial charge < -0.3 is 29.7 Å². The largest absolute Gasteiger partial charge is 0.508 e. The van der Waals surface area contributed by atoms with Gasteiger partial charge in [0, 0.05) is 6.92 Å². The highest BCUT2D eigenvalue weighted by Crippen LogP contribution is 2.38. The number of carbonyl (C=O) groups excluding carboxylic acids is 2. The Morgan fingerprint density at radius 3 is 2.58 bits per heavy atom. The second kappa shape index (κ2) is 11.8. The minimum absolute atomic E-state index is 0.0257. The molecule has 9 heteroatoms. The van der Waals surface area contributed by atoms with Crippen LogP contribution in [0.2, 0.25) is 0 Å². The van der Waals surface area contributed by atoms with E-state index in [4.69, 9.17) is 14.2 Å². The van der Waals surface area contributed by atoms with E-state index < -0.39 is 36.2 Å². The Morgan fingerprint density at radius 2 is 1.97 bits per heavy atom. The van der Waals surface area contributed by atoms with Gasteiger partial charge in [0.05, 0.1) is 37.9 Å². The first kappa shape index (κ1) is 28.2. The molecule has 202 valence electrons. The van der Waals surface area contributed by atoms with Gasteiger partial charge in [-0.1, -0.05) is 31.9 Å². The van der Waals surface area contributed by atoms with Crippen molar-refractivity contribution in [1.29, 1.82) is 0 Å². The van der Waals surface area contributed by atoms with Crippen LogP contribution < -0.4 is 5.32 Å². The van der Waals surface area contributed by atoms with Crippen molar-refractivity contribution < 1.29 is 34.0 Å². The first-order valence-electron chi connectivity index (χ1n) is 12.8. The van der Waals surface area contributed by atoms with E-state index in [2.05, 4.69) is 12.2 Å². The molecule has 0 aromatic heterocycles. The Kier molecular flexibility index (Phi) is 9.24. The van der Waals surface area contributed by atoms with Gasteiger partial charge in [0.1, 0.15) is 11.4 Å². The van der Waals surface area contributed by atoms with E-state index in [1.165, 1.54) is 24.7 Å². The number of hydrogen-bond acceptors (Lipinski definition) is 7. The number of amides is 2. The zero-order valence-electron chi connectivity index (χ0n) is 22.2. The lowest BCUT2D eigenvalue weighted by Gasteiger charge is -2.43.